The quantitative estimate of drug-likeness (QED) is 0.843. The Kier molecular flexibility index (Phi) is 3.85. The van der Waals surface area contributed by atoms with Gasteiger partial charge in [0.1, 0.15) is 0 Å². The highest BCUT2D eigenvalue weighted by Crippen LogP contribution is 2.41. The first kappa shape index (κ1) is 12.6. The average molecular weight is 233 g/mol. The minimum Gasteiger partial charge on any atom is -0.390 e. The lowest BCUT2D eigenvalue weighted by atomic mass is 9.71. The fraction of sp³-hybridized carbons (Fsp3) is 0.600. The Morgan fingerprint density at radius 1 is 1.29 bits per heavy atom. The minimum atomic E-state index is -0.528. The van der Waals surface area contributed by atoms with E-state index in [2.05, 4.69) is 37.3 Å². The SMILES string of the molecule is CC(CN)C1(O)CCC(c2ccccc2)CC1. The van der Waals surface area contributed by atoms with Gasteiger partial charge >= 0.3 is 0 Å². The predicted molar refractivity (Wildman–Crippen MR) is 70.8 cm³/mol. The van der Waals surface area contributed by atoms with Gasteiger partial charge in [-0.05, 0) is 49.6 Å². The van der Waals surface area contributed by atoms with Crippen molar-refractivity contribution in [2.75, 3.05) is 6.54 Å². The molecule has 94 valence electrons. The number of hydrogen-bond donors (Lipinski definition) is 2. The summed E-state index contributed by atoms with van der Waals surface area (Å²) in [6.07, 6.45) is 3.91. The Hall–Kier alpha value is -0.860. The van der Waals surface area contributed by atoms with Crippen LogP contribution in [0.1, 0.15) is 44.1 Å². The zero-order valence-electron chi connectivity index (χ0n) is 10.6. The van der Waals surface area contributed by atoms with Crippen LogP contribution in [0.5, 0.6) is 0 Å². The van der Waals surface area contributed by atoms with Gasteiger partial charge in [0.2, 0.25) is 0 Å². The molecule has 0 amide bonds. The van der Waals surface area contributed by atoms with E-state index in [4.69, 9.17) is 5.73 Å². The number of hydrogen-bond acceptors (Lipinski definition) is 2. The monoisotopic (exact) mass is 233 g/mol. The van der Waals surface area contributed by atoms with Crippen LogP contribution >= 0.6 is 0 Å². The van der Waals surface area contributed by atoms with Gasteiger partial charge in [-0.3, -0.25) is 0 Å². The molecule has 0 aliphatic heterocycles. The third-order valence-corrected chi connectivity index (χ3v) is 4.39. The lowest BCUT2D eigenvalue weighted by Gasteiger charge is -2.40. The predicted octanol–water partition coefficient (Wildman–Crippen LogP) is 2.67. The molecule has 0 radical (unpaired) electrons. The molecule has 0 saturated heterocycles. The summed E-state index contributed by atoms with van der Waals surface area (Å²) in [6.45, 7) is 2.63. The fourth-order valence-corrected chi connectivity index (χ4v) is 2.89. The maximum absolute atomic E-state index is 10.5. The highest BCUT2D eigenvalue weighted by atomic mass is 16.3. The molecular weight excluding hydrogens is 210 g/mol. The third kappa shape index (κ3) is 2.70. The van der Waals surface area contributed by atoms with Gasteiger partial charge in [0.05, 0.1) is 5.60 Å². The van der Waals surface area contributed by atoms with E-state index < -0.39 is 5.60 Å². The van der Waals surface area contributed by atoms with Crippen LogP contribution in [0.2, 0.25) is 0 Å². The summed E-state index contributed by atoms with van der Waals surface area (Å²) < 4.78 is 0. The highest BCUT2D eigenvalue weighted by molar-refractivity contribution is 5.20. The minimum absolute atomic E-state index is 0.208. The molecule has 1 aliphatic rings. The molecule has 1 aromatic carbocycles. The van der Waals surface area contributed by atoms with Crippen molar-refractivity contribution in [3.8, 4) is 0 Å². The Bertz CT molecular complexity index is 341. The van der Waals surface area contributed by atoms with Gasteiger partial charge in [-0.25, -0.2) is 0 Å². The molecule has 0 bridgehead atoms. The highest BCUT2D eigenvalue weighted by Gasteiger charge is 2.37. The van der Waals surface area contributed by atoms with E-state index in [0.29, 0.717) is 12.5 Å². The first-order chi connectivity index (χ1) is 8.15. The van der Waals surface area contributed by atoms with Crippen LogP contribution < -0.4 is 5.73 Å². The van der Waals surface area contributed by atoms with Crippen LogP contribution in [0.15, 0.2) is 30.3 Å². The van der Waals surface area contributed by atoms with Crippen molar-refractivity contribution in [1.82, 2.24) is 0 Å². The van der Waals surface area contributed by atoms with Crippen LogP contribution in [-0.2, 0) is 0 Å². The molecular formula is C15H23NO. The van der Waals surface area contributed by atoms with Crippen molar-refractivity contribution < 1.29 is 5.11 Å². The molecule has 0 spiro atoms. The van der Waals surface area contributed by atoms with Crippen molar-refractivity contribution in [2.45, 2.75) is 44.1 Å². The smallest absolute Gasteiger partial charge is 0.0685 e. The van der Waals surface area contributed by atoms with Crippen LogP contribution in [0.25, 0.3) is 0 Å². The molecule has 1 atom stereocenters. The van der Waals surface area contributed by atoms with Crippen molar-refractivity contribution in [2.24, 2.45) is 11.7 Å². The lowest BCUT2D eigenvalue weighted by molar-refractivity contribution is -0.0438. The second-order valence-corrected chi connectivity index (χ2v) is 5.43. The van der Waals surface area contributed by atoms with Crippen LogP contribution in [0, 0.1) is 5.92 Å². The largest absolute Gasteiger partial charge is 0.390 e. The molecule has 2 heteroatoms. The molecule has 17 heavy (non-hydrogen) atoms. The zero-order chi connectivity index (χ0) is 12.3. The first-order valence-electron chi connectivity index (χ1n) is 6.63. The van der Waals surface area contributed by atoms with E-state index in [1.165, 1.54) is 5.56 Å². The maximum Gasteiger partial charge on any atom is 0.0685 e. The normalized spacial score (nSPS) is 31.1. The lowest BCUT2D eigenvalue weighted by Crippen LogP contribution is -2.43. The molecule has 3 N–H and O–H groups in total. The second-order valence-electron chi connectivity index (χ2n) is 5.43. The summed E-state index contributed by atoms with van der Waals surface area (Å²) in [6, 6.07) is 10.6. The summed E-state index contributed by atoms with van der Waals surface area (Å²) in [5, 5.41) is 10.5. The Morgan fingerprint density at radius 3 is 2.41 bits per heavy atom. The molecule has 1 saturated carbocycles. The van der Waals surface area contributed by atoms with E-state index in [-0.39, 0.29) is 5.92 Å². The third-order valence-electron chi connectivity index (χ3n) is 4.39. The molecule has 2 rings (SSSR count). The Balaban J connectivity index is 1.99. The second kappa shape index (κ2) is 5.19. The number of benzene rings is 1. The molecule has 0 heterocycles. The molecule has 1 aromatic rings. The molecule has 1 fully saturated rings. The molecule has 1 unspecified atom stereocenters. The van der Waals surface area contributed by atoms with Crippen molar-refractivity contribution in [3.05, 3.63) is 35.9 Å². The van der Waals surface area contributed by atoms with E-state index >= 15 is 0 Å². The standard InChI is InChI=1S/C15H23NO/c1-12(11-16)15(17)9-7-14(8-10-15)13-5-3-2-4-6-13/h2-6,12,14,17H,7-11,16H2,1H3. The molecule has 2 nitrogen and oxygen atoms in total. The van der Waals surface area contributed by atoms with Gasteiger partial charge < -0.3 is 10.8 Å². The van der Waals surface area contributed by atoms with Crippen molar-refractivity contribution in [1.29, 1.82) is 0 Å². The zero-order valence-corrected chi connectivity index (χ0v) is 10.6. The summed E-state index contributed by atoms with van der Waals surface area (Å²) >= 11 is 0. The summed E-state index contributed by atoms with van der Waals surface area (Å²) in [4.78, 5) is 0. The van der Waals surface area contributed by atoms with Crippen molar-refractivity contribution >= 4 is 0 Å². The molecule has 0 aromatic heterocycles. The first-order valence-corrected chi connectivity index (χ1v) is 6.63. The Labute approximate surface area is 104 Å². The van der Waals surface area contributed by atoms with E-state index in [1.54, 1.807) is 0 Å². The summed E-state index contributed by atoms with van der Waals surface area (Å²) in [7, 11) is 0. The van der Waals surface area contributed by atoms with Crippen LogP contribution in [0.4, 0.5) is 0 Å². The topological polar surface area (TPSA) is 46.2 Å². The van der Waals surface area contributed by atoms with E-state index in [0.717, 1.165) is 25.7 Å². The van der Waals surface area contributed by atoms with Gasteiger partial charge in [0, 0.05) is 0 Å². The number of rotatable bonds is 3. The maximum atomic E-state index is 10.5. The number of aliphatic hydroxyl groups is 1. The van der Waals surface area contributed by atoms with Gasteiger partial charge in [-0.1, -0.05) is 37.3 Å². The van der Waals surface area contributed by atoms with E-state index in [1.807, 2.05) is 0 Å². The van der Waals surface area contributed by atoms with Crippen molar-refractivity contribution in [3.63, 3.8) is 0 Å². The van der Waals surface area contributed by atoms with Gasteiger partial charge in [0.15, 0.2) is 0 Å². The van der Waals surface area contributed by atoms with E-state index in [9.17, 15) is 5.11 Å². The summed E-state index contributed by atoms with van der Waals surface area (Å²) in [5.41, 5.74) is 6.56. The van der Waals surface area contributed by atoms with Crippen LogP contribution in [0.3, 0.4) is 0 Å². The van der Waals surface area contributed by atoms with Gasteiger partial charge in [-0.2, -0.15) is 0 Å². The van der Waals surface area contributed by atoms with Crippen LogP contribution in [-0.4, -0.2) is 17.3 Å². The fourth-order valence-electron chi connectivity index (χ4n) is 2.89. The molecule has 1 aliphatic carbocycles. The van der Waals surface area contributed by atoms with Gasteiger partial charge in [0.25, 0.3) is 0 Å². The average Bonchev–Trinajstić information content (AvgIpc) is 2.39. The summed E-state index contributed by atoms with van der Waals surface area (Å²) in [5.74, 6) is 0.820. The van der Waals surface area contributed by atoms with Gasteiger partial charge in [-0.15, -0.1) is 0 Å². The Morgan fingerprint density at radius 2 is 1.88 bits per heavy atom. The number of nitrogens with two attached hydrogens (primary N) is 1.